The molecule has 0 atom stereocenters. The summed E-state index contributed by atoms with van der Waals surface area (Å²) in [7, 11) is 1.51. The van der Waals surface area contributed by atoms with E-state index in [0.717, 1.165) is 12.1 Å². The molecule has 1 aromatic heterocycles. The van der Waals surface area contributed by atoms with Gasteiger partial charge in [0.1, 0.15) is 12.4 Å². The molecule has 0 aliphatic heterocycles. The van der Waals surface area contributed by atoms with Crippen molar-refractivity contribution in [2.75, 3.05) is 7.11 Å². The van der Waals surface area contributed by atoms with Crippen LogP contribution in [0.5, 0.6) is 11.6 Å². The maximum atomic E-state index is 12.5. The van der Waals surface area contributed by atoms with E-state index in [1.165, 1.54) is 19.4 Å². The lowest BCUT2D eigenvalue weighted by Gasteiger charge is -2.09. The second-order valence-corrected chi connectivity index (χ2v) is 4.02. The monoisotopic (exact) mass is 283 g/mol. The van der Waals surface area contributed by atoms with Gasteiger partial charge in [0, 0.05) is 6.07 Å². The third kappa shape index (κ3) is 3.63. The molecule has 1 aromatic carbocycles. The molecule has 2 rings (SSSR count). The first-order valence-corrected chi connectivity index (χ1v) is 5.78. The minimum absolute atomic E-state index is 0.0171. The molecule has 0 spiro atoms. The number of nitrogens with zero attached hydrogens (tertiary/aromatic N) is 1. The zero-order valence-electron chi connectivity index (χ0n) is 10.6. The van der Waals surface area contributed by atoms with E-state index in [9.17, 15) is 13.2 Å². The zero-order chi connectivity index (χ0) is 14.6. The van der Waals surface area contributed by atoms with Crippen molar-refractivity contribution in [2.24, 2.45) is 0 Å². The lowest BCUT2D eigenvalue weighted by molar-refractivity contribution is -0.137. The summed E-state index contributed by atoms with van der Waals surface area (Å²) in [6.45, 7) is 0.0171. The molecule has 0 radical (unpaired) electrons. The lowest BCUT2D eigenvalue weighted by Crippen LogP contribution is -2.06. The summed E-state index contributed by atoms with van der Waals surface area (Å²) in [5.41, 5.74) is -0.265. The number of ether oxygens (including phenoxy) is 2. The minimum Gasteiger partial charge on any atom is -0.495 e. The van der Waals surface area contributed by atoms with Crippen molar-refractivity contribution in [3.63, 3.8) is 0 Å². The number of methoxy groups -OCH3 is 1. The maximum absolute atomic E-state index is 12.5. The third-order valence-corrected chi connectivity index (χ3v) is 2.59. The summed E-state index contributed by atoms with van der Waals surface area (Å²) in [6, 6.07) is 8.25. The highest BCUT2D eigenvalue weighted by Gasteiger charge is 2.30. The average Bonchev–Trinajstić information content (AvgIpc) is 2.45. The Morgan fingerprint density at radius 2 is 1.95 bits per heavy atom. The molecule has 0 N–H and O–H groups in total. The van der Waals surface area contributed by atoms with Crippen LogP contribution in [0.2, 0.25) is 0 Å². The number of alkyl halides is 3. The second kappa shape index (κ2) is 5.81. The van der Waals surface area contributed by atoms with Gasteiger partial charge in [-0.05, 0) is 23.8 Å². The van der Waals surface area contributed by atoms with Gasteiger partial charge in [-0.3, -0.25) is 0 Å². The first-order valence-electron chi connectivity index (χ1n) is 5.78. The van der Waals surface area contributed by atoms with Crippen molar-refractivity contribution in [3.8, 4) is 11.6 Å². The van der Waals surface area contributed by atoms with Crippen LogP contribution in [0.4, 0.5) is 13.2 Å². The van der Waals surface area contributed by atoms with Crippen LogP contribution in [0.3, 0.4) is 0 Å². The standard InChI is InChI=1S/C14H12F3NO2/c1-19-12-5-6-13(18-8-12)20-9-10-3-2-4-11(7-10)14(15,16)17/h2-8H,9H2,1H3. The van der Waals surface area contributed by atoms with Crippen molar-refractivity contribution >= 4 is 0 Å². The number of aromatic nitrogens is 1. The molecular formula is C14H12F3NO2. The lowest BCUT2D eigenvalue weighted by atomic mass is 10.1. The molecule has 0 bridgehead atoms. The van der Waals surface area contributed by atoms with Crippen molar-refractivity contribution in [1.82, 2.24) is 4.98 Å². The van der Waals surface area contributed by atoms with Crippen LogP contribution in [0.25, 0.3) is 0 Å². The quantitative estimate of drug-likeness (QED) is 0.857. The molecule has 0 unspecified atom stereocenters. The zero-order valence-corrected chi connectivity index (χ0v) is 10.6. The van der Waals surface area contributed by atoms with E-state index in [1.807, 2.05) is 0 Å². The van der Waals surface area contributed by atoms with E-state index in [2.05, 4.69) is 4.98 Å². The highest BCUT2D eigenvalue weighted by molar-refractivity contribution is 5.26. The van der Waals surface area contributed by atoms with E-state index in [1.54, 1.807) is 18.2 Å². The van der Waals surface area contributed by atoms with Crippen molar-refractivity contribution in [3.05, 3.63) is 53.7 Å². The Morgan fingerprint density at radius 3 is 2.55 bits per heavy atom. The second-order valence-electron chi connectivity index (χ2n) is 4.02. The predicted molar refractivity (Wildman–Crippen MR) is 66.6 cm³/mol. The highest BCUT2D eigenvalue weighted by Crippen LogP contribution is 2.29. The Balaban J connectivity index is 2.03. The SMILES string of the molecule is COc1ccc(OCc2cccc(C(F)(F)F)c2)nc1. The number of benzene rings is 1. The topological polar surface area (TPSA) is 31.4 Å². The van der Waals surface area contributed by atoms with Gasteiger partial charge < -0.3 is 9.47 Å². The molecule has 0 amide bonds. The molecular weight excluding hydrogens is 271 g/mol. The highest BCUT2D eigenvalue weighted by atomic mass is 19.4. The van der Waals surface area contributed by atoms with Gasteiger partial charge in [-0.2, -0.15) is 13.2 Å². The fourth-order valence-corrected chi connectivity index (χ4v) is 1.57. The molecule has 1 heterocycles. The maximum Gasteiger partial charge on any atom is 0.416 e. The van der Waals surface area contributed by atoms with Crippen molar-refractivity contribution < 1.29 is 22.6 Å². The van der Waals surface area contributed by atoms with Gasteiger partial charge in [-0.15, -0.1) is 0 Å². The smallest absolute Gasteiger partial charge is 0.416 e. The van der Waals surface area contributed by atoms with Crippen LogP contribution in [0.15, 0.2) is 42.6 Å². The van der Waals surface area contributed by atoms with Crippen LogP contribution < -0.4 is 9.47 Å². The largest absolute Gasteiger partial charge is 0.495 e. The normalized spacial score (nSPS) is 11.2. The van der Waals surface area contributed by atoms with Crippen LogP contribution in [0, 0.1) is 0 Å². The van der Waals surface area contributed by atoms with E-state index in [-0.39, 0.29) is 6.61 Å². The summed E-state index contributed by atoms with van der Waals surface area (Å²) >= 11 is 0. The number of hydrogen-bond acceptors (Lipinski definition) is 3. The average molecular weight is 283 g/mol. The van der Waals surface area contributed by atoms with Crippen molar-refractivity contribution in [2.45, 2.75) is 12.8 Å². The third-order valence-electron chi connectivity index (χ3n) is 2.59. The van der Waals surface area contributed by atoms with Gasteiger partial charge in [-0.25, -0.2) is 4.98 Å². The Labute approximate surface area is 114 Å². The van der Waals surface area contributed by atoms with Gasteiger partial charge in [-0.1, -0.05) is 12.1 Å². The van der Waals surface area contributed by atoms with Gasteiger partial charge in [0.05, 0.1) is 18.9 Å². The fraction of sp³-hybridized carbons (Fsp3) is 0.214. The Kier molecular flexibility index (Phi) is 4.12. The van der Waals surface area contributed by atoms with E-state index in [4.69, 9.17) is 9.47 Å². The van der Waals surface area contributed by atoms with E-state index >= 15 is 0 Å². The molecule has 2 aromatic rings. The summed E-state index contributed by atoms with van der Waals surface area (Å²) in [5, 5.41) is 0. The van der Waals surface area contributed by atoms with Gasteiger partial charge in [0.15, 0.2) is 0 Å². The summed E-state index contributed by atoms with van der Waals surface area (Å²) in [6.07, 6.45) is -2.88. The Bertz CT molecular complexity index is 567. The molecule has 0 aliphatic carbocycles. The number of rotatable bonds is 4. The Morgan fingerprint density at radius 1 is 1.15 bits per heavy atom. The van der Waals surface area contributed by atoms with Crippen LogP contribution in [-0.2, 0) is 12.8 Å². The Hall–Kier alpha value is -2.24. The number of pyridine rings is 1. The van der Waals surface area contributed by atoms with Gasteiger partial charge in [0.2, 0.25) is 5.88 Å². The van der Waals surface area contributed by atoms with Crippen LogP contribution in [-0.4, -0.2) is 12.1 Å². The van der Waals surface area contributed by atoms with Gasteiger partial charge >= 0.3 is 6.18 Å². The first kappa shape index (κ1) is 14.2. The minimum atomic E-state index is -4.35. The molecule has 0 saturated carbocycles. The number of halogens is 3. The fourth-order valence-electron chi connectivity index (χ4n) is 1.57. The molecule has 3 nitrogen and oxygen atoms in total. The van der Waals surface area contributed by atoms with Gasteiger partial charge in [0.25, 0.3) is 0 Å². The molecule has 106 valence electrons. The van der Waals surface area contributed by atoms with Crippen LogP contribution >= 0.6 is 0 Å². The first-order chi connectivity index (χ1) is 9.49. The molecule has 6 heteroatoms. The predicted octanol–water partition coefficient (Wildman–Crippen LogP) is 3.69. The van der Waals surface area contributed by atoms with Crippen molar-refractivity contribution in [1.29, 1.82) is 0 Å². The summed E-state index contributed by atoms with van der Waals surface area (Å²) in [5.74, 6) is 0.902. The van der Waals surface area contributed by atoms with E-state index < -0.39 is 11.7 Å². The molecule has 0 fully saturated rings. The van der Waals surface area contributed by atoms with E-state index in [0.29, 0.717) is 17.2 Å². The van der Waals surface area contributed by atoms with Crippen LogP contribution in [0.1, 0.15) is 11.1 Å². The number of hydrogen-bond donors (Lipinski definition) is 0. The molecule has 20 heavy (non-hydrogen) atoms. The molecule has 0 aliphatic rings. The molecule has 0 saturated heterocycles. The summed E-state index contributed by atoms with van der Waals surface area (Å²) < 4.78 is 47.9. The summed E-state index contributed by atoms with van der Waals surface area (Å²) in [4.78, 5) is 3.97.